The van der Waals surface area contributed by atoms with E-state index in [1.807, 2.05) is 6.92 Å². The van der Waals surface area contributed by atoms with Gasteiger partial charge < -0.3 is 15.6 Å². The molecule has 150 valence electrons. The van der Waals surface area contributed by atoms with Gasteiger partial charge in [-0.25, -0.2) is 4.98 Å². The highest BCUT2D eigenvalue weighted by molar-refractivity contribution is 7.99. The zero-order valence-corrected chi connectivity index (χ0v) is 18.0. The summed E-state index contributed by atoms with van der Waals surface area (Å²) in [7, 11) is 0. The van der Waals surface area contributed by atoms with E-state index in [1.165, 1.54) is 59.4 Å². The van der Waals surface area contributed by atoms with Crippen LogP contribution >= 0.6 is 23.1 Å². The molecule has 0 unspecified atom stereocenters. The second-order valence-electron chi connectivity index (χ2n) is 7.64. The smallest absolute Gasteiger partial charge is 0.251 e. The number of primary amides is 1. The fourth-order valence-corrected chi connectivity index (χ4v) is 6.61. The number of fused-ring (bicyclic) bond motifs is 1. The van der Waals surface area contributed by atoms with Gasteiger partial charge in [0.15, 0.2) is 5.16 Å². The van der Waals surface area contributed by atoms with E-state index >= 15 is 0 Å². The van der Waals surface area contributed by atoms with Gasteiger partial charge in [0.05, 0.1) is 17.0 Å². The van der Waals surface area contributed by atoms with Gasteiger partial charge in [-0.3, -0.25) is 9.59 Å². The Balaban J connectivity index is 1.46. The molecule has 28 heavy (non-hydrogen) atoms. The third kappa shape index (κ3) is 3.59. The molecule has 8 heteroatoms. The molecule has 0 aliphatic heterocycles. The van der Waals surface area contributed by atoms with Crippen LogP contribution in [0.3, 0.4) is 0 Å². The Labute approximate surface area is 173 Å². The molecule has 4 rings (SSSR count). The van der Waals surface area contributed by atoms with Gasteiger partial charge in [-0.05, 0) is 51.5 Å². The molecule has 6 nitrogen and oxygen atoms in total. The lowest BCUT2D eigenvalue weighted by atomic mass is 10.1. The first-order valence-electron chi connectivity index (χ1n) is 9.88. The van der Waals surface area contributed by atoms with Crippen molar-refractivity contribution in [3.05, 3.63) is 27.4 Å². The number of aromatic nitrogens is 2. The van der Waals surface area contributed by atoms with Crippen LogP contribution in [0.15, 0.2) is 5.16 Å². The van der Waals surface area contributed by atoms with Crippen LogP contribution in [0.5, 0.6) is 0 Å². The molecule has 2 aliphatic carbocycles. The van der Waals surface area contributed by atoms with Crippen LogP contribution < -0.4 is 11.1 Å². The van der Waals surface area contributed by atoms with Gasteiger partial charge in [-0.1, -0.05) is 24.6 Å². The first-order valence-corrected chi connectivity index (χ1v) is 11.7. The number of amides is 2. The van der Waals surface area contributed by atoms with Crippen molar-refractivity contribution in [2.24, 2.45) is 5.73 Å². The number of carbonyl (C=O) groups is 2. The molecule has 0 bridgehead atoms. The maximum atomic E-state index is 12.6. The SMILES string of the molecule is Cc1nc(SCC(=O)Nc2sc3c(c2C(N)=O)CCC3)n(C2CCCC2)c1C. The minimum absolute atomic E-state index is 0.122. The van der Waals surface area contributed by atoms with Crippen molar-refractivity contribution in [2.45, 2.75) is 70.0 Å². The molecule has 1 saturated carbocycles. The number of nitrogens with one attached hydrogen (secondary N) is 1. The fraction of sp³-hybridized carbons (Fsp3) is 0.550. The number of thiophene rings is 1. The van der Waals surface area contributed by atoms with Crippen LogP contribution in [-0.2, 0) is 17.6 Å². The second kappa shape index (κ2) is 7.91. The lowest BCUT2D eigenvalue weighted by Gasteiger charge is -2.16. The summed E-state index contributed by atoms with van der Waals surface area (Å²) >= 11 is 2.96. The Morgan fingerprint density at radius 3 is 2.71 bits per heavy atom. The van der Waals surface area contributed by atoms with Crippen molar-refractivity contribution in [1.82, 2.24) is 9.55 Å². The van der Waals surface area contributed by atoms with Crippen molar-refractivity contribution in [3.63, 3.8) is 0 Å². The highest BCUT2D eigenvalue weighted by Gasteiger charge is 2.27. The van der Waals surface area contributed by atoms with Gasteiger partial charge in [-0.2, -0.15) is 0 Å². The number of hydrogen-bond acceptors (Lipinski definition) is 5. The summed E-state index contributed by atoms with van der Waals surface area (Å²) in [4.78, 5) is 30.4. The highest BCUT2D eigenvalue weighted by atomic mass is 32.2. The Hall–Kier alpha value is -1.80. The maximum absolute atomic E-state index is 12.6. The summed E-state index contributed by atoms with van der Waals surface area (Å²) in [6.07, 6.45) is 7.75. The van der Waals surface area contributed by atoms with E-state index in [-0.39, 0.29) is 11.7 Å². The highest BCUT2D eigenvalue weighted by Crippen LogP contribution is 2.39. The predicted molar refractivity (Wildman–Crippen MR) is 113 cm³/mol. The predicted octanol–water partition coefficient (Wildman–Crippen LogP) is 3.99. The van der Waals surface area contributed by atoms with Gasteiger partial charge in [0, 0.05) is 16.6 Å². The van der Waals surface area contributed by atoms with E-state index in [4.69, 9.17) is 10.7 Å². The largest absolute Gasteiger partial charge is 0.365 e. The minimum Gasteiger partial charge on any atom is -0.365 e. The molecule has 2 aromatic heterocycles. The van der Waals surface area contributed by atoms with Crippen LogP contribution in [0, 0.1) is 13.8 Å². The quantitative estimate of drug-likeness (QED) is 0.694. The second-order valence-corrected chi connectivity index (χ2v) is 9.68. The van der Waals surface area contributed by atoms with E-state index in [2.05, 4.69) is 16.8 Å². The average Bonchev–Trinajstić information content (AvgIpc) is 3.38. The van der Waals surface area contributed by atoms with E-state index in [0.29, 0.717) is 16.6 Å². The van der Waals surface area contributed by atoms with Gasteiger partial charge in [0.2, 0.25) is 5.91 Å². The molecule has 0 radical (unpaired) electrons. The van der Waals surface area contributed by atoms with E-state index in [0.717, 1.165) is 35.7 Å². The van der Waals surface area contributed by atoms with E-state index in [9.17, 15) is 9.59 Å². The first kappa shape index (κ1) is 19.5. The van der Waals surface area contributed by atoms with E-state index < -0.39 is 5.91 Å². The average molecular weight is 419 g/mol. The summed E-state index contributed by atoms with van der Waals surface area (Å²) in [5.41, 5.74) is 9.34. The number of carbonyl (C=O) groups excluding carboxylic acids is 2. The summed E-state index contributed by atoms with van der Waals surface area (Å²) in [6.45, 7) is 4.13. The van der Waals surface area contributed by atoms with Crippen molar-refractivity contribution >= 4 is 39.9 Å². The Kier molecular flexibility index (Phi) is 5.51. The summed E-state index contributed by atoms with van der Waals surface area (Å²) in [5, 5.41) is 4.45. The maximum Gasteiger partial charge on any atom is 0.251 e. The Morgan fingerprint density at radius 1 is 1.25 bits per heavy atom. The molecule has 0 spiro atoms. The molecule has 2 heterocycles. The van der Waals surface area contributed by atoms with Crippen molar-refractivity contribution < 1.29 is 9.59 Å². The number of aryl methyl sites for hydroxylation is 2. The number of rotatable bonds is 6. The third-order valence-corrected chi connectivity index (χ3v) is 7.96. The number of nitrogens with zero attached hydrogens (tertiary/aromatic N) is 2. The molecular weight excluding hydrogens is 392 g/mol. The fourth-order valence-electron chi connectivity index (χ4n) is 4.34. The topological polar surface area (TPSA) is 90.0 Å². The number of hydrogen-bond donors (Lipinski definition) is 2. The van der Waals surface area contributed by atoms with Crippen molar-refractivity contribution in [2.75, 3.05) is 11.1 Å². The number of nitrogens with two attached hydrogens (primary N) is 1. The first-order chi connectivity index (χ1) is 13.5. The van der Waals surface area contributed by atoms with Gasteiger partial charge >= 0.3 is 0 Å². The normalized spacial score (nSPS) is 16.5. The zero-order valence-electron chi connectivity index (χ0n) is 16.3. The summed E-state index contributed by atoms with van der Waals surface area (Å²) in [6, 6.07) is 0.494. The molecule has 1 fully saturated rings. The molecule has 0 saturated heterocycles. The van der Waals surface area contributed by atoms with Crippen molar-refractivity contribution in [1.29, 1.82) is 0 Å². The van der Waals surface area contributed by atoms with Crippen LogP contribution in [-0.4, -0.2) is 27.1 Å². The lowest BCUT2D eigenvalue weighted by Crippen LogP contribution is -2.19. The van der Waals surface area contributed by atoms with Crippen LogP contribution in [0.2, 0.25) is 0 Å². The standard InChI is InChI=1S/C20H26N4O2S2/c1-11-12(2)24(13-6-3-4-7-13)20(22-11)27-10-16(25)23-19-17(18(21)26)14-8-5-9-15(14)28-19/h13H,3-10H2,1-2H3,(H2,21,26)(H,23,25). The molecule has 2 amide bonds. The van der Waals surface area contributed by atoms with E-state index in [1.54, 1.807) is 0 Å². The number of thioether (sulfide) groups is 1. The Bertz CT molecular complexity index is 925. The van der Waals surface area contributed by atoms with Crippen LogP contribution in [0.4, 0.5) is 5.00 Å². The molecule has 3 N–H and O–H groups in total. The molecule has 0 aromatic carbocycles. The van der Waals surface area contributed by atoms with Crippen LogP contribution in [0.1, 0.15) is 70.3 Å². The molecule has 2 aliphatic rings. The minimum atomic E-state index is -0.453. The van der Waals surface area contributed by atoms with Crippen molar-refractivity contribution in [3.8, 4) is 0 Å². The summed E-state index contributed by atoms with van der Waals surface area (Å²) in [5.74, 6) is -0.308. The number of imidazole rings is 1. The van der Waals surface area contributed by atoms with Gasteiger partial charge in [0.25, 0.3) is 5.91 Å². The molecular formula is C20H26N4O2S2. The summed E-state index contributed by atoms with van der Waals surface area (Å²) < 4.78 is 2.31. The molecule has 2 aromatic rings. The third-order valence-electron chi connectivity index (χ3n) is 5.80. The van der Waals surface area contributed by atoms with Crippen LogP contribution in [0.25, 0.3) is 0 Å². The lowest BCUT2D eigenvalue weighted by molar-refractivity contribution is -0.113. The molecule has 0 atom stereocenters. The van der Waals surface area contributed by atoms with Gasteiger partial charge in [0.1, 0.15) is 5.00 Å². The van der Waals surface area contributed by atoms with Gasteiger partial charge in [-0.15, -0.1) is 11.3 Å². The Morgan fingerprint density at radius 2 is 2.00 bits per heavy atom. The zero-order chi connectivity index (χ0) is 19.8. The monoisotopic (exact) mass is 418 g/mol. The number of anilines is 1.